The highest BCUT2D eigenvalue weighted by molar-refractivity contribution is 6.03. The lowest BCUT2D eigenvalue weighted by molar-refractivity contribution is -0.213. The molecule has 13 heteroatoms. The van der Waals surface area contributed by atoms with Gasteiger partial charge in [0.25, 0.3) is 0 Å². The van der Waals surface area contributed by atoms with E-state index >= 15 is 0 Å². The zero-order valence-electron chi connectivity index (χ0n) is 61.7. The molecule has 16 aliphatic carbocycles. The second kappa shape index (κ2) is 24.9. The van der Waals surface area contributed by atoms with Crippen molar-refractivity contribution in [2.75, 3.05) is 13.2 Å². The number of carbonyl (C=O) groups is 10. The predicted molar refractivity (Wildman–Crippen MR) is 376 cm³/mol. The molecule has 17 aliphatic rings. The number of ketones is 10. The molecule has 1 aliphatic heterocycles. The smallest absolute Gasteiger partial charge is 0.178 e. The average molecular weight is 1360 g/mol. The minimum atomic E-state index is -0.544. The molecule has 0 spiro atoms. The Labute approximate surface area is 588 Å². The highest BCUT2D eigenvalue weighted by atomic mass is 16.7. The molecule has 17 rings (SSSR count). The van der Waals surface area contributed by atoms with Gasteiger partial charge in [-0.15, -0.1) is 0 Å². The molecule has 0 aromatic carbocycles. The van der Waals surface area contributed by atoms with Gasteiger partial charge in [-0.05, 0) is 272 Å². The monoisotopic (exact) mass is 1350 g/mol. The van der Waals surface area contributed by atoms with Gasteiger partial charge in [-0.2, -0.15) is 0 Å². The molecule has 12 saturated carbocycles. The molecule has 13 fully saturated rings. The van der Waals surface area contributed by atoms with Crippen molar-refractivity contribution in [1.82, 2.24) is 0 Å². The zero-order chi connectivity index (χ0) is 70.9. The minimum absolute atomic E-state index is 0.0110. The molecule has 13 nitrogen and oxygen atoms in total. The van der Waals surface area contributed by atoms with Crippen LogP contribution in [0.4, 0.5) is 0 Å². The Balaban J connectivity index is 0.000000113. The minimum Gasteiger partial charge on any atom is -0.393 e. The first-order chi connectivity index (χ1) is 46.6. The van der Waals surface area contributed by atoms with Crippen LogP contribution in [0.1, 0.15) is 237 Å². The molecular weight excluding hydrogens is 1240 g/mol. The van der Waals surface area contributed by atoms with Crippen LogP contribution in [0.2, 0.25) is 0 Å². The summed E-state index contributed by atoms with van der Waals surface area (Å²) in [6.07, 6.45) is 35.8. The third kappa shape index (κ3) is 10.9. The fourth-order valence-electron chi connectivity index (χ4n) is 28.7. The molecule has 0 aromatic rings. The summed E-state index contributed by atoms with van der Waals surface area (Å²) < 4.78 is 12.1. The zero-order valence-corrected chi connectivity index (χ0v) is 61.7. The second-order valence-electron chi connectivity index (χ2n) is 37.5. The van der Waals surface area contributed by atoms with Crippen LogP contribution >= 0.6 is 0 Å². The van der Waals surface area contributed by atoms with Gasteiger partial charge in [0.05, 0.1) is 19.3 Å². The lowest BCUT2D eigenvalue weighted by Crippen LogP contribution is -2.56. The summed E-state index contributed by atoms with van der Waals surface area (Å²) in [4.78, 5) is 124. The highest BCUT2D eigenvalue weighted by Crippen LogP contribution is 2.71. The quantitative estimate of drug-likeness (QED) is 0.278. The Hall–Kier alpha value is -4.98. The van der Waals surface area contributed by atoms with E-state index in [-0.39, 0.29) is 131 Å². The molecular formula is C86H114O13. The van der Waals surface area contributed by atoms with E-state index in [4.69, 9.17) is 9.47 Å². The number of hydrogen-bond acceptors (Lipinski definition) is 13. The van der Waals surface area contributed by atoms with Crippen LogP contribution in [-0.2, 0) is 57.4 Å². The van der Waals surface area contributed by atoms with Crippen molar-refractivity contribution in [2.24, 2.45) is 138 Å². The van der Waals surface area contributed by atoms with E-state index in [1.54, 1.807) is 45.1 Å². The third-order valence-electron chi connectivity index (χ3n) is 33.0. The number of carbonyl (C=O) groups excluding carboxylic acids is 10. The number of aliphatic hydroxyl groups excluding tert-OH is 1. The maximum absolute atomic E-state index is 13.6. The molecule has 1 saturated heterocycles. The highest BCUT2D eigenvalue weighted by Gasteiger charge is 2.68. The van der Waals surface area contributed by atoms with Crippen LogP contribution in [0.3, 0.4) is 0 Å². The Morgan fingerprint density at radius 2 is 0.788 bits per heavy atom. The summed E-state index contributed by atoms with van der Waals surface area (Å²) in [5.41, 5.74) is 3.70. The largest absolute Gasteiger partial charge is 0.393 e. The normalized spacial score (nSPS) is 48.3. The second-order valence-corrected chi connectivity index (χ2v) is 37.5. The first kappa shape index (κ1) is 71.0. The number of Topliss-reactive ketones (excluding diaryl/α,β-unsaturated/α-hetero) is 6. The third-order valence-corrected chi connectivity index (χ3v) is 33.0. The summed E-state index contributed by atoms with van der Waals surface area (Å²) in [5.74, 6) is 6.38. The lowest BCUT2D eigenvalue weighted by Gasteiger charge is -2.59. The molecule has 536 valence electrons. The number of aliphatic hydroxyl groups is 1. The maximum atomic E-state index is 13.6. The SMILES string of the molecule is CC(=O)[C@H]1CC[C@H]2[C@@H]3CCC4=CC(=O)C=C[C@]4(C)[C@H]3C(=O)C[C@]12C.CC(=O)[C@H]1CC[C@H]2[C@@H]3CCC4=CC(=O)CC[C@]4(C)[C@H]3C(=O)C[C@]12C.CC(=O)[C@H]1CC[C@H]2[C@@H]3CCC4=CC(=O)CC[C@]4(C)[C@H]3[C@H](O)C[C@]12C.CC1([C@H]2CC[C@H]3[C@@H]4CCC5=CC(=O)C=C[C@]5(C)[C@H]4C(=O)C[C@]23C)OCCO1. The number of fused-ring (bicyclic) bond motifs is 20. The van der Waals surface area contributed by atoms with Crippen molar-refractivity contribution >= 4 is 57.8 Å². The van der Waals surface area contributed by atoms with E-state index in [1.807, 2.05) is 24.3 Å². The van der Waals surface area contributed by atoms with E-state index in [1.165, 1.54) is 11.1 Å². The van der Waals surface area contributed by atoms with Crippen molar-refractivity contribution in [3.63, 3.8) is 0 Å². The van der Waals surface area contributed by atoms with Gasteiger partial charge in [-0.25, -0.2) is 0 Å². The van der Waals surface area contributed by atoms with Crippen molar-refractivity contribution < 1.29 is 62.5 Å². The first-order valence-electron chi connectivity index (χ1n) is 39.0. The van der Waals surface area contributed by atoms with Gasteiger partial charge in [0.15, 0.2) is 28.9 Å². The summed E-state index contributed by atoms with van der Waals surface area (Å²) in [5, 5.41) is 11.2. The fourth-order valence-corrected chi connectivity index (χ4v) is 28.7. The van der Waals surface area contributed by atoms with Gasteiger partial charge in [-0.3, -0.25) is 47.9 Å². The molecule has 0 bridgehead atoms. The Morgan fingerprint density at radius 3 is 1.26 bits per heavy atom. The van der Waals surface area contributed by atoms with Crippen molar-refractivity contribution in [3.05, 3.63) is 70.9 Å². The molecule has 0 amide bonds. The van der Waals surface area contributed by atoms with Gasteiger partial charge >= 0.3 is 0 Å². The molecule has 0 aromatic heterocycles. The number of rotatable bonds is 4. The predicted octanol–water partition coefficient (Wildman–Crippen LogP) is 15.1. The summed E-state index contributed by atoms with van der Waals surface area (Å²) >= 11 is 0. The van der Waals surface area contributed by atoms with Crippen molar-refractivity contribution in [2.45, 2.75) is 249 Å². The van der Waals surface area contributed by atoms with Gasteiger partial charge in [0.2, 0.25) is 0 Å². The lowest BCUT2D eigenvalue weighted by atomic mass is 9.46. The Kier molecular flexibility index (Phi) is 17.8. The Morgan fingerprint density at radius 1 is 0.414 bits per heavy atom. The Bertz CT molecular complexity index is 3670. The van der Waals surface area contributed by atoms with Crippen LogP contribution in [0.5, 0.6) is 0 Å². The molecule has 0 unspecified atom stereocenters. The maximum Gasteiger partial charge on any atom is 0.178 e. The number of allylic oxidation sites excluding steroid dienone is 10. The van der Waals surface area contributed by atoms with E-state index in [0.717, 1.165) is 133 Å². The van der Waals surface area contributed by atoms with Gasteiger partial charge in [0, 0.05) is 84.4 Å². The molecule has 99 heavy (non-hydrogen) atoms. The molecule has 1 heterocycles. The first-order valence-corrected chi connectivity index (χ1v) is 39.0. The van der Waals surface area contributed by atoms with Gasteiger partial charge in [-0.1, -0.05) is 89.8 Å². The van der Waals surface area contributed by atoms with E-state index in [9.17, 15) is 53.1 Å². The van der Waals surface area contributed by atoms with Crippen LogP contribution < -0.4 is 0 Å². The summed E-state index contributed by atoms with van der Waals surface area (Å²) in [7, 11) is 0. The van der Waals surface area contributed by atoms with Gasteiger partial charge < -0.3 is 14.6 Å². The van der Waals surface area contributed by atoms with E-state index in [2.05, 4.69) is 62.3 Å². The van der Waals surface area contributed by atoms with Crippen LogP contribution in [0.15, 0.2) is 70.9 Å². The number of ether oxygens (including phenoxy) is 2. The van der Waals surface area contributed by atoms with E-state index in [0.29, 0.717) is 116 Å². The number of hydrogen-bond donors (Lipinski definition) is 1. The summed E-state index contributed by atoms with van der Waals surface area (Å²) in [6.45, 7) is 26.3. The summed E-state index contributed by atoms with van der Waals surface area (Å²) in [6, 6.07) is 0. The average Bonchev–Trinajstić information content (AvgIpc) is 1.66. The fraction of sp³-hybridized carbons (Fsp3) is 0.744. The van der Waals surface area contributed by atoms with Crippen molar-refractivity contribution in [1.29, 1.82) is 0 Å². The standard InChI is InChI=1S/C23H30O4.C21H30O3.C21H28O3.C21H26O3/c1-21-9-8-15(24)12-14(21)4-5-16-17-6-7-19(23(3)26-10-11-27-23)22(17,2)13-18(25)20(16)21;3*1-12(22)16-6-7-17-15-5-4-13-10-14(23)8-9-20(13,2)19(15)18(24)11-21(16,17)3/h8-9,12,16-17,19-20H,4-7,10-11,13H2,1-3H3;10,15-19,24H,4-9,11H2,1-3H3;10,15-17,19H,4-9,11H2,1-3H3;8-10,15-17,19H,4-7,11H2,1-3H3/t16-,17-,19-,20+,21-,22-;15-,16+,17-,18+,19+,20-,21+;2*15-,16+,17-,19+,20-,21+/m0000/s1. The molecule has 25 atom stereocenters. The van der Waals surface area contributed by atoms with E-state index < -0.39 is 5.79 Å². The van der Waals surface area contributed by atoms with Crippen LogP contribution in [0.25, 0.3) is 0 Å². The van der Waals surface area contributed by atoms with Crippen LogP contribution in [-0.4, -0.2) is 88.0 Å². The topological polar surface area (TPSA) is 209 Å². The van der Waals surface area contributed by atoms with Crippen LogP contribution in [0, 0.1) is 138 Å². The molecule has 1 N–H and O–H groups in total. The van der Waals surface area contributed by atoms with Crippen molar-refractivity contribution in [3.8, 4) is 0 Å². The molecule has 0 radical (unpaired) electrons. The van der Waals surface area contributed by atoms with Gasteiger partial charge in [0.1, 0.15) is 34.7 Å².